The summed E-state index contributed by atoms with van der Waals surface area (Å²) >= 11 is 0. The van der Waals surface area contributed by atoms with Crippen molar-refractivity contribution in [3.05, 3.63) is 23.8 Å². The van der Waals surface area contributed by atoms with Crippen LogP contribution in [-0.2, 0) is 0 Å². The molecular formula is C7H8F2N2. The van der Waals surface area contributed by atoms with E-state index >= 15 is 0 Å². The lowest BCUT2D eigenvalue weighted by molar-refractivity contribution is 0.589. The molecule has 1 rings (SSSR count). The van der Waals surface area contributed by atoms with Crippen LogP contribution >= 0.6 is 0 Å². The van der Waals surface area contributed by atoms with Crippen molar-refractivity contribution in [1.29, 1.82) is 0 Å². The number of nitrogens with one attached hydrogen (secondary N) is 1. The van der Waals surface area contributed by atoms with E-state index in [2.05, 4.69) is 5.32 Å². The van der Waals surface area contributed by atoms with Gasteiger partial charge in [0.1, 0.15) is 11.6 Å². The second-order valence-electron chi connectivity index (χ2n) is 2.10. The molecule has 0 aliphatic carbocycles. The van der Waals surface area contributed by atoms with Gasteiger partial charge in [-0.25, -0.2) is 8.78 Å². The highest BCUT2D eigenvalue weighted by Crippen LogP contribution is 2.19. The number of rotatable bonds is 1. The molecule has 0 aromatic heterocycles. The van der Waals surface area contributed by atoms with Crippen molar-refractivity contribution in [2.45, 2.75) is 0 Å². The normalized spacial score (nSPS) is 9.73. The molecule has 0 fully saturated rings. The maximum atomic E-state index is 12.7. The first kappa shape index (κ1) is 7.78. The fraction of sp³-hybridized carbons (Fsp3) is 0.143. The molecule has 4 heteroatoms. The molecule has 0 radical (unpaired) electrons. The van der Waals surface area contributed by atoms with Gasteiger partial charge < -0.3 is 11.1 Å². The van der Waals surface area contributed by atoms with E-state index in [1.165, 1.54) is 13.1 Å². The van der Waals surface area contributed by atoms with Crippen LogP contribution in [0.1, 0.15) is 0 Å². The second kappa shape index (κ2) is 2.74. The smallest absolute Gasteiger partial charge is 0.149 e. The van der Waals surface area contributed by atoms with Gasteiger partial charge in [0.25, 0.3) is 0 Å². The van der Waals surface area contributed by atoms with Gasteiger partial charge in [-0.1, -0.05) is 0 Å². The Kier molecular flexibility index (Phi) is 1.94. The molecule has 60 valence electrons. The van der Waals surface area contributed by atoms with Gasteiger partial charge in [-0.3, -0.25) is 0 Å². The largest absolute Gasteiger partial charge is 0.396 e. The first-order valence-corrected chi connectivity index (χ1v) is 3.07. The van der Waals surface area contributed by atoms with Crippen molar-refractivity contribution in [3.63, 3.8) is 0 Å². The Morgan fingerprint density at radius 2 is 1.91 bits per heavy atom. The van der Waals surface area contributed by atoms with E-state index in [-0.39, 0.29) is 11.4 Å². The van der Waals surface area contributed by atoms with Gasteiger partial charge in [0.05, 0.1) is 11.4 Å². The van der Waals surface area contributed by atoms with Gasteiger partial charge in [0, 0.05) is 13.1 Å². The Balaban J connectivity index is 3.21. The first-order chi connectivity index (χ1) is 5.15. The quantitative estimate of drug-likeness (QED) is 0.609. The molecule has 0 atom stereocenters. The van der Waals surface area contributed by atoms with E-state index in [0.29, 0.717) is 0 Å². The molecule has 0 amide bonds. The summed E-state index contributed by atoms with van der Waals surface area (Å²) in [7, 11) is 1.54. The van der Waals surface area contributed by atoms with Crippen LogP contribution < -0.4 is 11.1 Å². The van der Waals surface area contributed by atoms with Crippen molar-refractivity contribution in [2.75, 3.05) is 18.1 Å². The van der Waals surface area contributed by atoms with Gasteiger partial charge >= 0.3 is 0 Å². The number of nitrogen functional groups attached to an aromatic ring is 1. The van der Waals surface area contributed by atoms with Crippen LogP contribution in [0.15, 0.2) is 12.1 Å². The molecule has 0 aliphatic rings. The van der Waals surface area contributed by atoms with Gasteiger partial charge in [0.2, 0.25) is 0 Å². The summed E-state index contributed by atoms with van der Waals surface area (Å²) in [6, 6.07) is 1.96. The van der Waals surface area contributed by atoms with Crippen LogP contribution in [0.2, 0.25) is 0 Å². The molecule has 0 aliphatic heterocycles. The molecule has 1 aromatic carbocycles. The zero-order valence-electron chi connectivity index (χ0n) is 5.99. The van der Waals surface area contributed by atoms with Gasteiger partial charge in [-0.15, -0.1) is 0 Å². The van der Waals surface area contributed by atoms with Gasteiger partial charge in [0.15, 0.2) is 0 Å². The fourth-order valence-electron chi connectivity index (χ4n) is 0.757. The van der Waals surface area contributed by atoms with E-state index in [0.717, 1.165) is 6.07 Å². The third kappa shape index (κ3) is 1.39. The Hall–Kier alpha value is -1.32. The average molecular weight is 158 g/mol. The first-order valence-electron chi connectivity index (χ1n) is 3.07. The SMILES string of the molecule is CNc1cc(N)c(F)cc1F. The molecule has 0 bridgehead atoms. The molecule has 2 nitrogen and oxygen atoms in total. The van der Waals surface area contributed by atoms with Crippen LogP contribution in [0.4, 0.5) is 20.2 Å². The maximum Gasteiger partial charge on any atom is 0.149 e. The molecule has 0 heterocycles. The maximum absolute atomic E-state index is 12.7. The summed E-state index contributed by atoms with van der Waals surface area (Å²) in [4.78, 5) is 0. The lowest BCUT2D eigenvalue weighted by atomic mass is 10.2. The highest BCUT2D eigenvalue weighted by molar-refractivity contribution is 5.55. The van der Waals surface area contributed by atoms with E-state index in [4.69, 9.17) is 5.73 Å². The Morgan fingerprint density at radius 1 is 1.27 bits per heavy atom. The molecular weight excluding hydrogens is 150 g/mol. The van der Waals surface area contributed by atoms with E-state index in [1.54, 1.807) is 0 Å². The lowest BCUT2D eigenvalue weighted by Crippen LogP contribution is -1.97. The number of hydrogen-bond donors (Lipinski definition) is 2. The highest BCUT2D eigenvalue weighted by Gasteiger charge is 2.04. The third-order valence-corrected chi connectivity index (χ3v) is 1.36. The van der Waals surface area contributed by atoms with Gasteiger partial charge in [-0.05, 0) is 6.07 Å². The summed E-state index contributed by atoms with van der Waals surface area (Å²) in [6.07, 6.45) is 0. The number of anilines is 2. The molecule has 0 saturated carbocycles. The summed E-state index contributed by atoms with van der Waals surface area (Å²) in [6.45, 7) is 0. The molecule has 11 heavy (non-hydrogen) atoms. The van der Waals surface area contributed by atoms with Crippen molar-refractivity contribution >= 4 is 11.4 Å². The summed E-state index contributed by atoms with van der Waals surface area (Å²) in [5.41, 5.74) is 5.32. The van der Waals surface area contributed by atoms with Gasteiger partial charge in [-0.2, -0.15) is 0 Å². The molecule has 0 spiro atoms. The minimum atomic E-state index is -0.735. The third-order valence-electron chi connectivity index (χ3n) is 1.36. The van der Waals surface area contributed by atoms with Crippen LogP contribution in [0.25, 0.3) is 0 Å². The fourth-order valence-corrected chi connectivity index (χ4v) is 0.757. The predicted molar refractivity (Wildman–Crippen MR) is 40.3 cm³/mol. The van der Waals surface area contributed by atoms with E-state index < -0.39 is 11.6 Å². The standard InChI is InChI=1S/C7H8F2N2/c1-11-7-3-6(10)4(8)2-5(7)9/h2-3,11H,10H2,1H3. The number of halogens is 2. The summed E-state index contributed by atoms with van der Waals surface area (Å²) in [5.74, 6) is -1.37. The van der Waals surface area contributed by atoms with E-state index in [1.807, 2.05) is 0 Å². The topological polar surface area (TPSA) is 38.0 Å². The predicted octanol–water partition coefficient (Wildman–Crippen LogP) is 1.59. The number of benzene rings is 1. The average Bonchev–Trinajstić information content (AvgIpc) is 1.97. The minimum Gasteiger partial charge on any atom is -0.396 e. The van der Waals surface area contributed by atoms with Crippen molar-refractivity contribution in [3.8, 4) is 0 Å². The van der Waals surface area contributed by atoms with Crippen molar-refractivity contribution < 1.29 is 8.78 Å². The van der Waals surface area contributed by atoms with Crippen LogP contribution in [0, 0.1) is 11.6 Å². The molecule has 0 unspecified atom stereocenters. The molecule has 1 aromatic rings. The highest BCUT2D eigenvalue weighted by atomic mass is 19.1. The van der Waals surface area contributed by atoms with Crippen LogP contribution in [0.3, 0.4) is 0 Å². The lowest BCUT2D eigenvalue weighted by Gasteiger charge is -2.03. The van der Waals surface area contributed by atoms with Crippen molar-refractivity contribution in [1.82, 2.24) is 0 Å². The summed E-state index contributed by atoms with van der Waals surface area (Å²) in [5, 5.41) is 2.54. The Labute approximate surface area is 63.0 Å². The zero-order valence-corrected chi connectivity index (χ0v) is 5.99. The van der Waals surface area contributed by atoms with Crippen LogP contribution in [0.5, 0.6) is 0 Å². The van der Waals surface area contributed by atoms with E-state index in [9.17, 15) is 8.78 Å². The summed E-state index contributed by atoms with van der Waals surface area (Å²) < 4.78 is 25.2. The number of nitrogens with two attached hydrogens (primary N) is 1. The minimum absolute atomic E-state index is 0.0595. The van der Waals surface area contributed by atoms with Crippen molar-refractivity contribution in [2.24, 2.45) is 0 Å². The number of hydrogen-bond acceptors (Lipinski definition) is 2. The zero-order chi connectivity index (χ0) is 8.43. The second-order valence-corrected chi connectivity index (χ2v) is 2.10. The Morgan fingerprint density at radius 3 is 2.45 bits per heavy atom. The Bertz CT molecular complexity index is 273. The van der Waals surface area contributed by atoms with Crippen LogP contribution in [-0.4, -0.2) is 7.05 Å². The molecule has 0 saturated heterocycles. The molecule has 3 N–H and O–H groups in total. The monoisotopic (exact) mass is 158 g/mol.